The molecule has 0 bridgehead atoms. The molecule has 0 aliphatic heterocycles. The molecule has 0 heterocycles. The Kier molecular flexibility index (Phi) is 23.1. The van der Waals surface area contributed by atoms with E-state index >= 15 is 0 Å². The molecule has 2 N–H and O–H groups in total. The molecular formula is C22H47NaO3. The molecule has 0 amide bonds. The first-order valence-corrected chi connectivity index (χ1v) is 11.0. The maximum atomic E-state index is 10.2. The van der Waals surface area contributed by atoms with Crippen LogP contribution in [-0.4, -0.2) is 64.2 Å². The molecule has 0 aromatic carbocycles. The number of rotatable bonds is 18. The van der Waals surface area contributed by atoms with Crippen LogP contribution in [0.2, 0.25) is 0 Å². The topological polar surface area (TPSA) is 49.7 Å². The summed E-state index contributed by atoms with van der Waals surface area (Å²) < 4.78 is 5.87. The van der Waals surface area contributed by atoms with Crippen molar-refractivity contribution in [2.75, 3.05) is 0 Å². The second-order valence-electron chi connectivity index (χ2n) is 7.79. The molecule has 3 nitrogen and oxygen atoms in total. The first kappa shape index (κ1) is 29.1. The first-order chi connectivity index (χ1) is 12.0. The molecule has 0 saturated carbocycles. The summed E-state index contributed by atoms with van der Waals surface area (Å²) in [5.74, 6) is 0. The fourth-order valence-electron chi connectivity index (χ4n) is 3.26. The zero-order valence-corrected chi connectivity index (χ0v) is 17.5. The first-order valence-electron chi connectivity index (χ1n) is 11.0. The van der Waals surface area contributed by atoms with E-state index in [0.717, 1.165) is 25.7 Å². The number of hydrogen-bond acceptors (Lipinski definition) is 3. The van der Waals surface area contributed by atoms with E-state index in [1.165, 1.54) is 64.2 Å². The Labute approximate surface area is 186 Å². The summed E-state index contributed by atoms with van der Waals surface area (Å²) in [6.45, 7) is 8.31. The number of aliphatic hydroxyl groups is 2. The predicted molar refractivity (Wildman–Crippen MR) is 115 cm³/mol. The van der Waals surface area contributed by atoms with E-state index in [0.29, 0.717) is 0 Å². The average Bonchev–Trinajstić information content (AvgIpc) is 2.60. The van der Waals surface area contributed by atoms with Gasteiger partial charge < -0.3 is 14.9 Å². The van der Waals surface area contributed by atoms with Crippen molar-refractivity contribution >= 4 is 29.6 Å². The van der Waals surface area contributed by atoms with E-state index < -0.39 is 12.2 Å². The molecule has 0 radical (unpaired) electrons. The van der Waals surface area contributed by atoms with Gasteiger partial charge in [0.25, 0.3) is 0 Å². The van der Waals surface area contributed by atoms with Crippen molar-refractivity contribution in [1.29, 1.82) is 0 Å². The van der Waals surface area contributed by atoms with Crippen molar-refractivity contribution in [3.05, 3.63) is 0 Å². The molecule has 4 heteroatoms. The normalized spacial score (nSPS) is 15.9. The molecule has 0 rings (SSSR count). The molecule has 4 unspecified atom stereocenters. The molecule has 0 aromatic heterocycles. The van der Waals surface area contributed by atoms with Gasteiger partial charge >= 0.3 is 29.6 Å². The van der Waals surface area contributed by atoms with Gasteiger partial charge in [-0.2, -0.15) is 0 Å². The van der Waals surface area contributed by atoms with Crippen LogP contribution in [0.15, 0.2) is 0 Å². The zero-order valence-electron chi connectivity index (χ0n) is 17.5. The van der Waals surface area contributed by atoms with Crippen LogP contribution in [0.4, 0.5) is 0 Å². The Morgan fingerprint density at radius 3 is 1.23 bits per heavy atom. The summed E-state index contributed by atoms with van der Waals surface area (Å²) in [6, 6.07) is 0. The van der Waals surface area contributed by atoms with Gasteiger partial charge in [0.1, 0.15) is 0 Å². The SMILES string of the molecule is CCCCCCCCC(O)C(C)OC(C)C(O)CCCCCCCC.[NaH]. The van der Waals surface area contributed by atoms with Gasteiger partial charge in [0.15, 0.2) is 0 Å². The van der Waals surface area contributed by atoms with Crippen LogP contribution in [0.25, 0.3) is 0 Å². The van der Waals surface area contributed by atoms with Gasteiger partial charge in [0.05, 0.1) is 24.4 Å². The van der Waals surface area contributed by atoms with E-state index in [-0.39, 0.29) is 41.8 Å². The monoisotopic (exact) mass is 382 g/mol. The summed E-state index contributed by atoms with van der Waals surface area (Å²) in [6.07, 6.45) is 15.2. The van der Waals surface area contributed by atoms with Crippen molar-refractivity contribution in [2.24, 2.45) is 0 Å². The minimum atomic E-state index is -0.421. The molecule has 0 saturated heterocycles. The van der Waals surface area contributed by atoms with Crippen molar-refractivity contribution in [2.45, 2.75) is 142 Å². The van der Waals surface area contributed by atoms with Gasteiger partial charge in [-0.1, -0.05) is 90.9 Å². The van der Waals surface area contributed by atoms with Gasteiger partial charge in [0.2, 0.25) is 0 Å². The number of unbranched alkanes of at least 4 members (excludes halogenated alkanes) is 10. The molecule has 0 aliphatic carbocycles. The average molecular weight is 383 g/mol. The Hall–Kier alpha value is 0.880. The standard InChI is InChI=1S/C22H46O3.Na.H/c1-5-7-9-11-13-15-17-21(23)19(3)25-20(4)22(24)18-16-14-12-10-8-6-2;;/h19-24H,5-18H2,1-4H3;;. The third-order valence-corrected chi connectivity index (χ3v) is 5.22. The Morgan fingerprint density at radius 2 is 0.885 bits per heavy atom. The Bertz CT molecular complexity index is 250. The van der Waals surface area contributed by atoms with Gasteiger partial charge in [0, 0.05) is 0 Å². The van der Waals surface area contributed by atoms with Gasteiger partial charge in [-0.05, 0) is 26.7 Å². The second-order valence-corrected chi connectivity index (χ2v) is 7.79. The van der Waals surface area contributed by atoms with Crippen molar-refractivity contribution in [1.82, 2.24) is 0 Å². The van der Waals surface area contributed by atoms with Crippen LogP contribution in [0.1, 0.15) is 118 Å². The molecule has 26 heavy (non-hydrogen) atoms. The third-order valence-electron chi connectivity index (χ3n) is 5.22. The Balaban J connectivity index is 0. The summed E-state index contributed by atoms with van der Waals surface area (Å²) in [5, 5.41) is 20.5. The Morgan fingerprint density at radius 1 is 0.577 bits per heavy atom. The number of hydrogen-bond donors (Lipinski definition) is 2. The molecule has 0 spiro atoms. The maximum absolute atomic E-state index is 10.2. The van der Waals surface area contributed by atoms with Crippen LogP contribution in [0.5, 0.6) is 0 Å². The van der Waals surface area contributed by atoms with E-state index in [1.807, 2.05) is 13.8 Å². The summed E-state index contributed by atoms with van der Waals surface area (Å²) >= 11 is 0. The van der Waals surface area contributed by atoms with Crippen molar-refractivity contribution < 1.29 is 14.9 Å². The molecular weight excluding hydrogens is 335 g/mol. The van der Waals surface area contributed by atoms with Crippen LogP contribution < -0.4 is 0 Å². The summed E-state index contributed by atoms with van der Waals surface area (Å²) in [5.41, 5.74) is 0. The van der Waals surface area contributed by atoms with Gasteiger partial charge in [-0.3, -0.25) is 0 Å². The number of aliphatic hydroxyl groups excluding tert-OH is 2. The van der Waals surface area contributed by atoms with E-state index in [9.17, 15) is 10.2 Å². The predicted octanol–water partition coefficient (Wildman–Crippen LogP) is 5.35. The molecule has 154 valence electrons. The van der Waals surface area contributed by atoms with Crippen LogP contribution in [0, 0.1) is 0 Å². The quantitative estimate of drug-likeness (QED) is 0.248. The van der Waals surface area contributed by atoms with E-state index in [4.69, 9.17) is 4.74 Å². The molecule has 0 aromatic rings. The van der Waals surface area contributed by atoms with Crippen molar-refractivity contribution in [3.8, 4) is 0 Å². The molecule has 4 atom stereocenters. The minimum absolute atomic E-state index is 0. The van der Waals surface area contributed by atoms with Gasteiger partial charge in [-0.25, -0.2) is 0 Å². The van der Waals surface area contributed by atoms with E-state index in [2.05, 4.69) is 13.8 Å². The van der Waals surface area contributed by atoms with Crippen LogP contribution in [-0.2, 0) is 4.74 Å². The van der Waals surface area contributed by atoms with Crippen molar-refractivity contribution in [3.63, 3.8) is 0 Å². The van der Waals surface area contributed by atoms with E-state index in [1.54, 1.807) is 0 Å². The number of ether oxygens (including phenoxy) is 1. The van der Waals surface area contributed by atoms with Crippen LogP contribution >= 0.6 is 0 Å². The third kappa shape index (κ3) is 17.0. The second kappa shape index (κ2) is 20.6. The zero-order chi connectivity index (χ0) is 18.9. The molecule has 0 fully saturated rings. The summed E-state index contributed by atoms with van der Waals surface area (Å²) in [7, 11) is 0. The summed E-state index contributed by atoms with van der Waals surface area (Å²) in [4.78, 5) is 0. The fraction of sp³-hybridized carbons (Fsp3) is 1.00. The van der Waals surface area contributed by atoms with Gasteiger partial charge in [-0.15, -0.1) is 0 Å². The fourth-order valence-corrected chi connectivity index (χ4v) is 3.26. The molecule has 0 aliphatic rings. The van der Waals surface area contributed by atoms with Crippen LogP contribution in [0.3, 0.4) is 0 Å².